The smallest absolute Gasteiger partial charge is 0.326 e. The molecule has 0 saturated carbocycles. The highest BCUT2D eigenvalue weighted by atomic mass is 32.2. The zero-order valence-electron chi connectivity index (χ0n) is 47.2. The number of carbonyl (C=O) groups excluding carboxylic acids is 3. The first kappa shape index (κ1) is 63.5. The SMILES string of the molecule is CCN1/C(=C/C=C2\CCCC(/C=C/C3=[N+](CCCS(=O)(=O)[O-])c4ccc(C(=O)NCCOCCOCC(=O)NCCCC[C@H](NC(=O)N[C@@H](CCC(=O)O)C(=O)O)C(=O)O)cc4C3(C)C)=C2Oc2ccccc2)C(C)(C)c2ccccc21. The van der Waals surface area contributed by atoms with Crippen LogP contribution in [-0.4, -0.2) is 145 Å². The highest BCUT2D eigenvalue weighted by Gasteiger charge is 2.45. The van der Waals surface area contributed by atoms with Crippen molar-refractivity contribution in [2.45, 2.75) is 115 Å². The summed E-state index contributed by atoms with van der Waals surface area (Å²) in [5.74, 6) is -3.88. The van der Waals surface area contributed by atoms with Crippen molar-refractivity contribution in [1.29, 1.82) is 0 Å². The van der Waals surface area contributed by atoms with Crippen LogP contribution in [0, 0.1) is 0 Å². The first-order valence-corrected chi connectivity index (χ1v) is 29.2. The number of carboxylic acids is 3. The lowest BCUT2D eigenvalue weighted by molar-refractivity contribution is -0.437. The number of hydrogen-bond acceptors (Lipinski definition) is 13. The van der Waals surface area contributed by atoms with Crippen LogP contribution >= 0.6 is 0 Å². The van der Waals surface area contributed by atoms with Gasteiger partial charge in [-0.05, 0) is 125 Å². The summed E-state index contributed by atoms with van der Waals surface area (Å²) in [4.78, 5) is 74.2. The molecular weight excluding hydrogens is 1080 g/mol. The third-order valence-electron chi connectivity index (χ3n) is 14.6. The fourth-order valence-electron chi connectivity index (χ4n) is 10.4. The molecular formula is C60H76N6O15S. The first-order chi connectivity index (χ1) is 39.0. The Labute approximate surface area is 478 Å². The number of allylic oxidation sites excluding steroid dienone is 7. The van der Waals surface area contributed by atoms with Gasteiger partial charge in [0.1, 0.15) is 36.7 Å². The van der Waals surface area contributed by atoms with Gasteiger partial charge in [0.2, 0.25) is 11.6 Å². The predicted octanol–water partition coefficient (Wildman–Crippen LogP) is 6.82. The van der Waals surface area contributed by atoms with E-state index in [0.29, 0.717) is 17.7 Å². The van der Waals surface area contributed by atoms with E-state index in [2.05, 4.69) is 103 Å². The standard InChI is InChI=1S/C60H76N6O15S/c1-6-65-48-22-11-10-20-44(48)59(2,3)50(65)28-24-40-16-14-17-41(54(40)81-43-18-8-7-9-19-43)25-29-51-60(4,5)45-38-42(23-27-49(45)66(51)33-15-37-82(76,77)78)55(70)62-32-34-79-35-36-80-39-52(67)61-31-13-12-21-46(56(71)72)63-58(75)64-47(57(73)74)26-30-53(68)69/h7-11,18-20,22-25,27-29,38,46-47H,6,12-17,21,26,30-37,39H2,1-5H3,(H7-,61,62,63,64,67,68,69,70,71,72,73,74,75,76,77,78)/t46-,47-/m0/s1. The number of fused-ring (bicyclic) bond motifs is 2. The molecule has 82 heavy (non-hydrogen) atoms. The Bertz CT molecular complexity index is 3090. The molecule has 21 nitrogen and oxygen atoms in total. The summed E-state index contributed by atoms with van der Waals surface area (Å²) < 4.78 is 55.2. The number of anilines is 1. The van der Waals surface area contributed by atoms with Gasteiger partial charge in [-0.25, -0.2) is 22.8 Å². The number of benzene rings is 3. The molecule has 6 rings (SSSR count). The number of aliphatic carboxylic acids is 3. The Morgan fingerprint density at radius 2 is 1.46 bits per heavy atom. The van der Waals surface area contributed by atoms with Crippen LogP contribution in [0.25, 0.3) is 0 Å². The number of nitrogens with zero attached hydrogens (tertiary/aromatic N) is 2. The van der Waals surface area contributed by atoms with E-state index >= 15 is 0 Å². The van der Waals surface area contributed by atoms with E-state index in [1.807, 2.05) is 53.1 Å². The van der Waals surface area contributed by atoms with Crippen molar-refractivity contribution in [2.75, 3.05) is 63.3 Å². The average molecular weight is 1150 g/mol. The maximum atomic E-state index is 13.6. The minimum atomic E-state index is -4.48. The van der Waals surface area contributed by atoms with E-state index in [1.54, 1.807) is 6.07 Å². The van der Waals surface area contributed by atoms with E-state index in [9.17, 15) is 52.0 Å². The molecule has 0 aromatic heterocycles. The van der Waals surface area contributed by atoms with Crippen LogP contribution in [0.3, 0.4) is 0 Å². The van der Waals surface area contributed by atoms with Crippen LogP contribution in [0.1, 0.15) is 114 Å². The summed E-state index contributed by atoms with van der Waals surface area (Å²) in [6, 6.07) is 19.7. The van der Waals surface area contributed by atoms with Crippen LogP contribution in [0.5, 0.6) is 5.75 Å². The van der Waals surface area contributed by atoms with E-state index in [1.165, 1.54) is 16.9 Å². The minimum absolute atomic E-state index is 0.0236. The number of carboxylic acid groups (broad SMARTS) is 3. The Hall–Kier alpha value is -7.66. The molecule has 3 aromatic carbocycles. The van der Waals surface area contributed by atoms with Crippen LogP contribution < -0.4 is 30.9 Å². The molecule has 2 aliphatic heterocycles. The number of para-hydroxylation sites is 2. The van der Waals surface area contributed by atoms with Gasteiger partial charge >= 0.3 is 23.9 Å². The quantitative estimate of drug-likeness (QED) is 0.0197. The number of nitrogens with one attached hydrogen (secondary N) is 4. The van der Waals surface area contributed by atoms with Crippen molar-refractivity contribution in [3.8, 4) is 5.75 Å². The summed E-state index contributed by atoms with van der Waals surface area (Å²) in [6.07, 6.45) is 10.8. The molecule has 1 aliphatic carbocycles. The maximum Gasteiger partial charge on any atom is 0.326 e. The number of unbranched alkanes of at least 4 members (excludes halogenated alkanes) is 1. The molecule has 2 atom stereocenters. The van der Waals surface area contributed by atoms with Gasteiger partial charge in [0.15, 0.2) is 5.71 Å². The van der Waals surface area contributed by atoms with Crippen LogP contribution in [0.2, 0.25) is 0 Å². The van der Waals surface area contributed by atoms with Gasteiger partial charge in [-0.1, -0.05) is 56.3 Å². The number of urea groups is 1. The Morgan fingerprint density at radius 3 is 2.16 bits per heavy atom. The monoisotopic (exact) mass is 1150 g/mol. The second-order valence-corrected chi connectivity index (χ2v) is 22.7. The third-order valence-corrected chi connectivity index (χ3v) is 15.4. The molecule has 442 valence electrons. The van der Waals surface area contributed by atoms with Gasteiger partial charge in [0.05, 0.1) is 35.4 Å². The van der Waals surface area contributed by atoms with Gasteiger partial charge < -0.3 is 60.2 Å². The van der Waals surface area contributed by atoms with Crippen molar-refractivity contribution in [3.63, 3.8) is 0 Å². The Kier molecular flexibility index (Phi) is 22.7. The molecule has 0 radical (unpaired) electrons. The number of likely N-dealkylation sites (N-methyl/N-ethyl adjacent to an activating group) is 1. The fraction of sp³-hybridized carbons (Fsp3) is 0.450. The predicted molar refractivity (Wildman–Crippen MR) is 306 cm³/mol. The molecule has 0 saturated heterocycles. The number of ether oxygens (including phenoxy) is 3. The van der Waals surface area contributed by atoms with Crippen LogP contribution in [0.4, 0.5) is 16.2 Å². The van der Waals surface area contributed by atoms with Crippen LogP contribution in [-0.2, 0) is 49.6 Å². The Balaban J connectivity index is 1.02. The summed E-state index contributed by atoms with van der Waals surface area (Å²) in [5, 5.41) is 37.3. The molecule has 3 aromatic rings. The molecule has 22 heteroatoms. The molecule has 0 fully saturated rings. The number of rotatable bonds is 31. The molecule has 2 heterocycles. The molecule has 4 amide bonds. The zero-order valence-corrected chi connectivity index (χ0v) is 48.0. The normalized spacial score (nSPS) is 17.1. The van der Waals surface area contributed by atoms with Gasteiger partial charge in [-0.2, -0.15) is 4.58 Å². The lowest BCUT2D eigenvalue weighted by atomic mass is 9.80. The van der Waals surface area contributed by atoms with Crippen LogP contribution in [0.15, 0.2) is 120 Å². The second-order valence-electron chi connectivity index (χ2n) is 21.2. The lowest BCUT2D eigenvalue weighted by Crippen LogP contribution is -2.51. The third kappa shape index (κ3) is 17.4. The zero-order chi connectivity index (χ0) is 59.6. The number of amides is 4. The molecule has 0 bridgehead atoms. The largest absolute Gasteiger partial charge is 0.748 e. The topological polar surface area (TPSA) is 302 Å². The summed E-state index contributed by atoms with van der Waals surface area (Å²) in [5.41, 5.74) is 7.78. The van der Waals surface area contributed by atoms with Gasteiger partial charge in [0, 0.05) is 78.3 Å². The van der Waals surface area contributed by atoms with Crippen molar-refractivity contribution in [3.05, 3.63) is 136 Å². The van der Waals surface area contributed by atoms with E-state index < -0.39 is 69.6 Å². The highest BCUT2D eigenvalue weighted by molar-refractivity contribution is 7.85. The summed E-state index contributed by atoms with van der Waals surface area (Å²) in [7, 11) is -4.48. The van der Waals surface area contributed by atoms with E-state index in [0.717, 1.165) is 59.7 Å². The molecule has 7 N–H and O–H groups in total. The molecule has 3 aliphatic rings. The maximum absolute atomic E-state index is 13.6. The van der Waals surface area contributed by atoms with Gasteiger partial charge in [0.25, 0.3) is 5.91 Å². The van der Waals surface area contributed by atoms with Crippen molar-refractivity contribution >= 4 is 63.0 Å². The summed E-state index contributed by atoms with van der Waals surface area (Å²) >= 11 is 0. The molecule has 0 unspecified atom stereocenters. The number of carbonyl (C=O) groups is 6. The van der Waals surface area contributed by atoms with E-state index in [4.69, 9.17) is 19.3 Å². The number of hydrogen-bond donors (Lipinski definition) is 7. The van der Waals surface area contributed by atoms with Gasteiger partial charge in [-0.3, -0.25) is 14.4 Å². The first-order valence-electron chi connectivity index (χ1n) is 27.6. The highest BCUT2D eigenvalue weighted by Crippen LogP contribution is 2.48. The average Bonchev–Trinajstić information content (AvgIpc) is 3.84. The summed E-state index contributed by atoms with van der Waals surface area (Å²) in [6.45, 7) is 12.3. The van der Waals surface area contributed by atoms with Crippen molar-refractivity contribution in [2.24, 2.45) is 0 Å². The lowest BCUT2D eigenvalue weighted by Gasteiger charge is -2.26. The second kappa shape index (κ2) is 29.4. The van der Waals surface area contributed by atoms with Crippen molar-refractivity contribution in [1.82, 2.24) is 21.3 Å². The van der Waals surface area contributed by atoms with E-state index in [-0.39, 0.29) is 83.1 Å². The molecule has 0 spiro atoms. The van der Waals surface area contributed by atoms with Gasteiger partial charge in [-0.15, -0.1) is 0 Å². The minimum Gasteiger partial charge on any atom is -0.748 e. The fourth-order valence-corrected chi connectivity index (χ4v) is 10.9. The Morgan fingerprint density at radius 1 is 0.768 bits per heavy atom. The van der Waals surface area contributed by atoms with Crippen molar-refractivity contribution < 1.29 is 75.8 Å².